The van der Waals surface area contributed by atoms with Crippen LogP contribution in [0.4, 0.5) is 5.69 Å². The van der Waals surface area contributed by atoms with E-state index in [2.05, 4.69) is 9.97 Å². The molecular formula is C15H13N3O. The lowest BCUT2D eigenvalue weighted by molar-refractivity contribution is 0.486. The van der Waals surface area contributed by atoms with E-state index in [1.165, 1.54) is 0 Å². The number of aryl methyl sites for hydroxylation is 1. The lowest BCUT2D eigenvalue weighted by Gasteiger charge is -2.10. The molecule has 0 bridgehead atoms. The predicted molar refractivity (Wildman–Crippen MR) is 75.2 cm³/mol. The molecule has 0 unspecified atom stereocenters. The molecule has 4 heteroatoms. The molecule has 2 aromatic heterocycles. The lowest BCUT2D eigenvalue weighted by Crippen LogP contribution is -1.93. The maximum atomic E-state index is 5.96. The molecule has 0 aliphatic rings. The van der Waals surface area contributed by atoms with Gasteiger partial charge in [-0.1, -0.05) is 0 Å². The minimum Gasteiger partial charge on any atom is -0.455 e. The molecule has 2 N–H and O–H groups in total. The van der Waals surface area contributed by atoms with Crippen LogP contribution < -0.4 is 10.5 Å². The monoisotopic (exact) mass is 251 g/mol. The van der Waals surface area contributed by atoms with Crippen molar-refractivity contribution in [2.75, 3.05) is 5.73 Å². The first-order valence-electron chi connectivity index (χ1n) is 5.97. The van der Waals surface area contributed by atoms with Crippen LogP contribution in [0.15, 0.2) is 48.9 Å². The van der Waals surface area contributed by atoms with Crippen molar-refractivity contribution < 1.29 is 4.74 Å². The van der Waals surface area contributed by atoms with Crippen LogP contribution in [0, 0.1) is 6.92 Å². The number of hydrogen-bond acceptors (Lipinski definition) is 4. The highest BCUT2D eigenvalue weighted by atomic mass is 16.5. The summed E-state index contributed by atoms with van der Waals surface area (Å²) in [6.45, 7) is 1.94. The van der Waals surface area contributed by atoms with E-state index in [1.807, 2.05) is 37.3 Å². The third kappa shape index (κ3) is 2.20. The minimum atomic E-state index is 0.695. The Morgan fingerprint density at radius 3 is 2.79 bits per heavy atom. The third-order valence-corrected chi connectivity index (χ3v) is 2.89. The average molecular weight is 251 g/mol. The van der Waals surface area contributed by atoms with E-state index in [1.54, 1.807) is 18.6 Å². The summed E-state index contributed by atoms with van der Waals surface area (Å²) in [5.41, 5.74) is 7.58. The van der Waals surface area contributed by atoms with E-state index < -0.39 is 0 Å². The molecule has 0 aliphatic heterocycles. The number of pyridine rings is 2. The number of hydrogen-bond donors (Lipinski definition) is 1. The van der Waals surface area contributed by atoms with E-state index in [9.17, 15) is 0 Å². The van der Waals surface area contributed by atoms with Crippen molar-refractivity contribution in [3.63, 3.8) is 0 Å². The molecule has 0 aliphatic carbocycles. The second-order valence-electron chi connectivity index (χ2n) is 4.31. The van der Waals surface area contributed by atoms with Gasteiger partial charge in [0.2, 0.25) is 0 Å². The molecule has 4 nitrogen and oxygen atoms in total. The number of nitrogens with zero attached hydrogens (tertiary/aromatic N) is 2. The van der Waals surface area contributed by atoms with Crippen LogP contribution >= 0.6 is 0 Å². The average Bonchev–Trinajstić information content (AvgIpc) is 2.43. The third-order valence-electron chi connectivity index (χ3n) is 2.89. The summed E-state index contributed by atoms with van der Waals surface area (Å²) in [6.07, 6.45) is 5.16. The van der Waals surface area contributed by atoms with Crippen LogP contribution in [0.5, 0.6) is 11.5 Å². The van der Waals surface area contributed by atoms with Gasteiger partial charge in [0.15, 0.2) is 0 Å². The summed E-state index contributed by atoms with van der Waals surface area (Å²) in [7, 11) is 0. The predicted octanol–water partition coefficient (Wildman–Crippen LogP) is 3.31. The van der Waals surface area contributed by atoms with Gasteiger partial charge in [-0.2, -0.15) is 0 Å². The zero-order valence-corrected chi connectivity index (χ0v) is 10.5. The molecule has 0 spiro atoms. The van der Waals surface area contributed by atoms with Crippen LogP contribution in [0.1, 0.15) is 5.69 Å². The fraction of sp³-hybridized carbons (Fsp3) is 0.0667. The second-order valence-corrected chi connectivity index (χ2v) is 4.31. The van der Waals surface area contributed by atoms with Gasteiger partial charge in [0.05, 0.1) is 6.20 Å². The van der Waals surface area contributed by atoms with E-state index in [-0.39, 0.29) is 0 Å². The van der Waals surface area contributed by atoms with Gasteiger partial charge in [0, 0.05) is 34.5 Å². The van der Waals surface area contributed by atoms with Gasteiger partial charge < -0.3 is 10.5 Å². The zero-order chi connectivity index (χ0) is 13.2. The topological polar surface area (TPSA) is 61.0 Å². The Kier molecular flexibility index (Phi) is 2.76. The highest BCUT2D eigenvalue weighted by Gasteiger charge is 2.07. The molecule has 0 saturated heterocycles. The summed E-state index contributed by atoms with van der Waals surface area (Å²) in [5.74, 6) is 1.45. The first-order valence-corrected chi connectivity index (χ1v) is 5.97. The molecule has 19 heavy (non-hydrogen) atoms. The van der Waals surface area contributed by atoms with E-state index in [0.717, 1.165) is 22.2 Å². The van der Waals surface area contributed by atoms with Crippen LogP contribution in [-0.4, -0.2) is 9.97 Å². The fourth-order valence-corrected chi connectivity index (χ4v) is 1.96. The van der Waals surface area contributed by atoms with E-state index in [0.29, 0.717) is 11.4 Å². The van der Waals surface area contributed by atoms with Crippen LogP contribution in [0.25, 0.3) is 10.8 Å². The fourth-order valence-electron chi connectivity index (χ4n) is 1.96. The smallest absolute Gasteiger partial charge is 0.145 e. The SMILES string of the molecule is Cc1cc2c(Oc3cccnc3)ccc(N)c2cn1. The number of rotatable bonds is 2. The molecule has 0 amide bonds. The van der Waals surface area contributed by atoms with Crippen molar-refractivity contribution in [1.29, 1.82) is 0 Å². The van der Waals surface area contributed by atoms with Gasteiger partial charge in [-0.3, -0.25) is 9.97 Å². The number of fused-ring (bicyclic) bond motifs is 1. The van der Waals surface area contributed by atoms with Crippen molar-refractivity contribution in [3.8, 4) is 11.5 Å². The Hall–Kier alpha value is -2.62. The number of ether oxygens (including phenoxy) is 1. The Bertz CT molecular complexity index is 726. The molecule has 2 heterocycles. The molecular weight excluding hydrogens is 238 g/mol. The maximum Gasteiger partial charge on any atom is 0.145 e. The normalized spacial score (nSPS) is 10.6. The number of benzene rings is 1. The van der Waals surface area contributed by atoms with Crippen molar-refractivity contribution in [2.45, 2.75) is 6.92 Å². The van der Waals surface area contributed by atoms with Crippen LogP contribution in [0.3, 0.4) is 0 Å². The first-order chi connectivity index (χ1) is 9.24. The lowest BCUT2D eigenvalue weighted by atomic mass is 10.1. The Morgan fingerprint density at radius 2 is 2.00 bits per heavy atom. The standard InChI is InChI=1S/C15H13N3O/c1-10-7-12-13(9-18-10)14(16)4-5-15(12)19-11-3-2-6-17-8-11/h2-9H,16H2,1H3. The molecule has 0 radical (unpaired) electrons. The van der Waals surface area contributed by atoms with Gasteiger partial charge in [0.1, 0.15) is 11.5 Å². The number of nitrogens with two attached hydrogens (primary N) is 1. The molecule has 0 saturated carbocycles. The minimum absolute atomic E-state index is 0.695. The van der Waals surface area contributed by atoms with Crippen molar-refractivity contribution in [3.05, 3.63) is 54.6 Å². The van der Waals surface area contributed by atoms with Crippen LogP contribution in [-0.2, 0) is 0 Å². The number of anilines is 1. The first kappa shape index (κ1) is 11.5. The molecule has 94 valence electrons. The number of aromatic nitrogens is 2. The van der Waals surface area contributed by atoms with Gasteiger partial charge in [-0.25, -0.2) is 0 Å². The van der Waals surface area contributed by atoms with E-state index in [4.69, 9.17) is 10.5 Å². The van der Waals surface area contributed by atoms with Gasteiger partial charge in [0.25, 0.3) is 0 Å². The highest BCUT2D eigenvalue weighted by molar-refractivity contribution is 5.96. The van der Waals surface area contributed by atoms with Crippen molar-refractivity contribution in [1.82, 2.24) is 9.97 Å². The zero-order valence-electron chi connectivity index (χ0n) is 10.5. The van der Waals surface area contributed by atoms with Crippen LogP contribution in [0.2, 0.25) is 0 Å². The Labute approximate surface area is 110 Å². The maximum absolute atomic E-state index is 5.96. The van der Waals surface area contributed by atoms with Gasteiger partial charge in [-0.05, 0) is 37.3 Å². The van der Waals surface area contributed by atoms with E-state index >= 15 is 0 Å². The molecule has 0 fully saturated rings. The van der Waals surface area contributed by atoms with Crippen molar-refractivity contribution >= 4 is 16.5 Å². The molecule has 3 aromatic rings. The summed E-state index contributed by atoms with van der Waals surface area (Å²) < 4.78 is 5.86. The van der Waals surface area contributed by atoms with Crippen molar-refractivity contribution in [2.24, 2.45) is 0 Å². The molecule has 3 rings (SSSR count). The Morgan fingerprint density at radius 1 is 1.11 bits per heavy atom. The molecule has 0 atom stereocenters. The number of nitrogen functional groups attached to an aromatic ring is 1. The summed E-state index contributed by atoms with van der Waals surface area (Å²) in [4.78, 5) is 8.30. The molecule has 1 aromatic carbocycles. The summed E-state index contributed by atoms with van der Waals surface area (Å²) in [6, 6.07) is 9.36. The van der Waals surface area contributed by atoms with Gasteiger partial charge in [-0.15, -0.1) is 0 Å². The largest absolute Gasteiger partial charge is 0.455 e. The summed E-state index contributed by atoms with van der Waals surface area (Å²) >= 11 is 0. The Balaban J connectivity index is 2.13. The highest BCUT2D eigenvalue weighted by Crippen LogP contribution is 2.32. The van der Waals surface area contributed by atoms with Gasteiger partial charge >= 0.3 is 0 Å². The second kappa shape index (κ2) is 4.57. The quantitative estimate of drug-likeness (QED) is 0.710. The summed E-state index contributed by atoms with van der Waals surface area (Å²) in [5, 5.41) is 1.85.